The van der Waals surface area contributed by atoms with Gasteiger partial charge in [-0.15, -0.1) is 0 Å². The largest absolute Gasteiger partial charge is 0.488 e. The number of rotatable bonds is 6. The van der Waals surface area contributed by atoms with Crippen molar-refractivity contribution in [2.75, 3.05) is 39.3 Å². The van der Waals surface area contributed by atoms with Gasteiger partial charge in [-0.25, -0.2) is 0 Å². The van der Waals surface area contributed by atoms with Crippen LogP contribution in [0.15, 0.2) is 48.5 Å². The maximum absolute atomic E-state index is 12.5. The van der Waals surface area contributed by atoms with Gasteiger partial charge in [0.15, 0.2) is 5.75 Å². The molecule has 2 aromatic rings. The summed E-state index contributed by atoms with van der Waals surface area (Å²) in [4.78, 5) is 16.4. The van der Waals surface area contributed by atoms with Gasteiger partial charge in [-0.1, -0.05) is 47.5 Å². The Morgan fingerprint density at radius 1 is 1.00 bits per heavy atom. The first-order chi connectivity index (χ1) is 13.0. The smallest absolute Gasteiger partial charge is 0.253 e. The van der Waals surface area contributed by atoms with Gasteiger partial charge >= 0.3 is 0 Å². The Labute approximate surface area is 169 Å². The van der Waals surface area contributed by atoms with Crippen LogP contribution in [0.1, 0.15) is 10.4 Å². The Bertz CT molecular complexity index is 745. The lowest BCUT2D eigenvalue weighted by molar-refractivity contribution is 0.0404. The molecule has 1 aliphatic heterocycles. The number of halogens is 2. The van der Waals surface area contributed by atoms with E-state index in [1.807, 2.05) is 35.2 Å². The van der Waals surface area contributed by atoms with Crippen molar-refractivity contribution < 1.29 is 14.6 Å². The van der Waals surface area contributed by atoms with Crippen LogP contribution in [0.2, 0.25) is 10.0 Å². The van der Waals surface area contributed by atoms with Crippen molar-refractivity contribution >= 4 is 29.1 Å². The fraction of sp³-hybridized carbons (Fsp3) is 0.350. The molecule has 0 aromatic heterocycles. The molecule has 7 heteroatoms. The number of carbonyl (C=O) groups is 1. The van der Waals surface area contributed by atoms with Gasteiger partial charge in [0, 0.05) is 38.3 Å². The second-order valence-corrected chi connectivity index (χ2v) is 7.29. The van der Waals surface area contributed by atoms with Crippen molar-refractivity contribution in [1.82, 2.24) is 9.80 Å². The second-order valence-electron chi connectivity index (χ2n) is 6.47. The number of hydrogen-bond donors (Lipinski definition) is 1. The van der Waals surface area contributed by atoms with Crippen molar-refractivity contribution in [1.29, 1.82) is 0 Å². The summed E-state index contributed by atoms with van der Waals surface area (Å²) in [6.45, 7) is 3.27. The third kappa shape index (κ3) is 5.36. The van der Waals surface area contributed by atoms with Gasteiger partial charge in [0.2, 0.25) is 0 Å². The van der Waals surface area contributed by atoms with Gasteiger partial charge in [0.1, 0.15) is 12.7 Å². The Morgan fingerprint density at radius 2 is 1.63 bits per heavy atom. The monoisotopic (exact) mass is 408 g/mol. The van der Waals surface area contributed by atoms with Crippen LogP contribution >= 0.6 is 23.2 Å². The summed E-state index contributed by atoms with van der Waals surface area (Å²) >= 11 is 12.1. The van der Waals surface area contributed by atoms with Crippen LogP contribution in [0.25, 0.3) is 0 Å². The molecule has 1 fully saturated rings. The predicted octanol–water partition coefficient (Wildman–Crippen LogP) is 3.19. The molecular formula is C20H22Cl2N2O3. The van der Waals surface area contributed by atoms with Crippen molar-refractivity contribution in [2.24, 2.45) is 0 Å². The molecule has 5 nitrogen and oxygen atoms in total. The van der Waals surface area contributed by atoms with Crippen molar-refractivity contribution in [3.8, 4) is 5.75 Å². The maximum atomic E-state index is 12.5. The summed E-state index contributed by atoms with van der Waals surface area (Å²) in [5.74, 6) is 0.436. The van der Waals surface area contributed by atoms with Gasteiger partial charge in [-0.3, -0.25) is 9.69 Å². The van der Waals surface area contributed by atoms with Gasteiger partial charge in [-0.05, 0) is 24.3 Å². The molecule has 27 heavy (non-hydrogen) atoms. The van der Waals surface area contributed by atoms with Crippen molar-refractivity contribution in [2.45, 2.75) is 6.10 Å². The molecule has 0 saturated carbocycles. The fourth-order valence-corrected chi connectivity index (χ4v) is 3.55. The Morgan fingerprint density at radius 3 is 2.26 bits per heavy atom. The predicted molar refractivity (Wildman–Crippen MR) is 107 cm³/mol. The fourth-order valence-electron chi connectivity index (χ4n) is 3.05. The molecule has 0 spiro atoms. The number of β-amino-alcohol motifs (C(OH)–C–C–N with tert-alkyl or cyclic N) is 1. The molecule has 3 rings (SSSR count). The van der Waals surface area contributed by atoms with Gasteiger partial charge < -0.3 is 14.7 Å². The quantitative estimate of drug-likeness (QED) is 0.797. The molecular weight excluding hydrogens is 387 g/mol. The standard InChI is InChI=1S/C20H22Cl2N2O3/c21-17-7-4-8-18(22)19(17)27-14-16(25)13-23-9-11-24(12-10-23)20(26)15-5-2-1-3-6-15/h1-8,16,25H,9-14H2. The zero-order chi connectivity index (χ0) is 19.2. The molecule has 1 N–H and O–H groups in total. The van der Waals surface area contributed by atoms with E-state index in [1.54, 1.807) is 18.2 Å². The van der Waals surface area contributed by atoms with Crippen LogP contribution in [0.3, 0.4) is 0 Å². The lowest BCUT2D eigenvalue weighted by atomic mass is 10.2. The van der Waals surface area contributed by atoms with E-state index in [-0.39, 0.29) is 12.5 Å². The first kappa shape index (κ1) is 20.0. The molecule has 1 amide bonds. The average Bonchev–Trinajstić information content (AvgIpc) is 2.68. The summed E-state index contributed by atoms with van der Waals surface area (Å²) in [5.41, 5.74) is 0.705. The number of para-hydroxylation sites is 1. The minimum absolute atomic E-state index is 0.0486. The average molecular weight is 409 g/mol. The van der Waals surface area contributed by atoms with E-state index in [4.69, 9.17) is 27.9 Å². The summed E-state index contributed by atoms with van der Waals surface area (Å²) in [7, 11) is 0. The highest BCUT2D eigenvalue weighted by Gasteiger charge is 2.23. The highest BCUT2D eigenvalue weighted by molar-refractivity contribution is 6.37. The molecule has 0 radical (unpaired) electrons. The normalized spacial score (nSPS) is 16.2. The Hall–Kier alpha value is -1.79. The molecule has 0 aliphatic carbocycles. The summed E-state index contributed by atoms with van der Waals surface area (Å²) < 4.78 is 5.58. The molecule has 144 valence electrons. The number of benzene rings is 2. The zero-order valence-corrected chi connectivity index (χ0v) is 16.4. The van der Waals surface area contributed by atoms with Gasteiger partial charge in [0.05, 0.1) is 10.0 Å². The molecule has 1 unspecified atom stereocenters. The number of aliphatic hydroxyl groups excluding tert-OH is 1. The highest BCUT2D eigenvalue weighted by atomic mass is 35.5. The topological polar surface area (TPSA) is 53.0 Å². The van der Waals surface area contributed by atoms with Crippen LogP contribution in [0.4, 0.5) is 0 Å². The Balaban J connectivity index is 1.44. The number of ether oxygens (including phenoxy) is 1. The van der Waals surface area contributed by atoms with E-state index in [2.05, 4.69) is 4.90 Å². The summed E-state index contributed by atoms with van der Waals surface area (Å²) in [5, 5.41) is 11.1. The molecule has 1 saturated heterocycles. The van der Waals surface area contributed by atoms with E-state index < -0.39 is 6.10 Å². The first-order valence-corrected chi connectivity index (χ1v) is 9.61. The van der Waals surface area contributed by atoms with E-state index in [1.165, 1.54) is 0 Å². The Kier molecular flexibility index (Phi) is 6.96. The number of nitrogens with zero attached hydrogens (tertiary/aromatic N) is 2. The van der Waals surface area contributed by atoms with Crippen LogP contribution in [0.5, 0.6) is 5.75 Å². The number of amides is 1. The van der Waals surface area contributed by atoms with Crippen molar-refractivity contribution in [3.05, 3.63) is 64.1 Å². The third-order valence-electron chi connectivity index (χ3n) is 4.49. The minimum atomic E-state index is -0.672. The second kappa shape index (κ2) is 9.42. The number of carbonyl (C=O) groups excluding carboxylic acids is 1. The maximum Gasteiger partial charge on any atom is 0.253 e. The molecule has 2 aromatic carbocycles. The third-order valence-corrected chi connectivity index (χ3v) is 5.08. The SMILES string of the molecule is O=C(c1ccccc1)N1CCN(CC(O)COc2c(Cl)cccc2Cl)CC1. The van der Waals surface area contributed by atoms with Crippen LogP contribution in [0, 0.1) is 0 Å². The van der Waals surface area contributed by atoms with E-state index in [0.29, 0.717) is 54.1 Å². The van der Waals surface area contributed by atoms with Crippen LogP contribution in [-0.4, -0.2) is 66.2 Å². The number of hydrogen-bond acceptors (Lipinski definition) is 4. The van der Waals surface area contributed by atoms with E-state index in [0.717, 1.165) is 0 Å². The molecule has 1 heterocycles. The minimum Gasteiger partial charge on any atom is -0.488 e. The first-order valence-electron chi connectivity index (χ1n) is 8.86. The van der Waals surface area contributed by atoms with Gasteiger partial charge in [-0.2, -0.15) is 0 Å². The summed E-state index contributed by atoms with van der Waals surface area (Å²) in [6.07, 6.45) is -0.672. The molecule has 0 bridgehead atoms. The highest BCUT2D eigenvalue weighted by Crippen LogP contribution is 2.32. The number of aliphatic hydroxyl groups is 1. The molecule has 1 atom stereocenters. The van der Waals surface area contributed by atoms with E-state index in [9.17, 15) is 9.90 Å². The van der Waals surface area contributed by atoms with Crippen LogP contribution in [-0.2, 0) is 0 Å². The van der Waals surface area contributed by atoms with Crippen LogP contribution < -0.4 is 4.74 Å². The summed E-state index contributed by atoms with van der Waals surface area (Å²) in [6, 6.07) is 14.4. The zero-order valence-electron chi connectivity index (χ0n) is 14.9. The molecule has 1 aliphatic rings. The van der Waals surface area contributed by atoms with Crippen molar-refractivity contribution in [3.63, 3.8) is 0 Å². The number of piperazine rings is 1. The van der Waals surface area contributed by atoms with E-state index >= 15 is 0 Å². The lowest BCUT2D eigenvalue weighted by Gasteiger charge is -2.35. The lowest BCUT2D eigenvalue weighted by Crippen LogP contribution is -2.50. The van der Waals surface area contributed by atoms with Gasteiger partial charge in [0.25, 0.3) is 5.91 Å².